The summed E-state index contributed by atoms with van der Waals surface area (Å²) in [6.45, 7) is 5.45. The SMILES string of the molecule is CCCCCCCCCNC(=O)C(=O)Nc1ccc(OCCC)cc1. The molecule has 2 amide bonds. The Kier molecular flexibility index (Phi) is 11.2. The van der Waals surface area contributed by atoms with Crippen molar-refractivity contribution in [3.05, 3.63) is 24.3 Å². The molecule has 0 bridgehead atoms. The van der Waals surface area contributed by atoms with Crippen LogP contribution < -0.4 is 15.4 Å². The monoisotopic (exact) mass is 348 g/mol. The lowest BCUT2D eigenvalue weighted by atomic mass is 10.1. The molecule has 0 atom stereocenters. The second kappa shape index (κ2) is 13.3. The Balaban J connectivity index is 2.18. The van der Waals surface area contributed by atoms with Gasteiger partial charge in [0.2, 0.25) is 0 Å². The molecule has 0 unspecified atom stereocenters. The molecule has 2 N–H and O–H groups in total. The van der Waals surface area contributed by atoms with Crippen molar-refractivity contribution in [1.29, 1.82) is 0 Å². The molecule has 1 aromatic rings. The van der Waals surface area contributed by atoms with Crippen LogP contribution in [0.25, 0.3) is 0 Å². The highest BCUT2D eigenvalue weighted by molar-refractivity contribution is 6.39. The van der Waals surface area contributed by atoms with Crippen molar-refractivity contribution in [2.75, 3.05) is 18.5 Å². The number of rotatable bonds is 12. The van der Waals surface area contributed by atoms with Crippen molar-refractivity contribution in [2.45, 2.75) is 65.2 Å². The zero-order chi connectivity index (χ0) is 18.3. The molecule has 140 valence electrons. The van der Waals surface area contributed by atoms with Gasteiger partial charge >= 0.3 is 11.8 Å². The number of unbranched alkanes of at least 4 members (excludes halogenated alkanes) is 6. The minimum Gasteiger partial charge on any atom is -0.494 e. The van der Waals surface area contributed by atoms with Crippen LogP contribution in [0.1, 0.15) is 65.2 Å². The Morgan fingerprint density at radius 2 is 1.48 bits per heavy atom. The molecule has 0 radical (unpaired) electrons. The Labute approximate surface area is 151 Å². The van der Waals surface area contributed by atoms with E-state index in [0.29, 0.717) is 18.8 Å². The van der Waals surface area contributed by atoms with E-state index in [-0.39, 0.29) is 0 Å². The first-order chi connectivity index (χ1) is 12.2. The molecule has 0 aliphatic heterocycles. The summed E-state index contributed by atoms with van der Waals surface area (Å²) in [5.74, 6) is -0.467. The number of ether oxygens (including phenoxy) is 1. The molecule has 0 saturated carbocycles. The van der Waals surface area contributed by atoms with Crippen molar-refractivity contribution in [2.24, 2.45) is 0 Å². The largest absolute Gasteiger partial charge is 0.494 e. The van der Waals surface area contributed by atoms with Crippen LogP contribution in [0, 0.1) is 0 Å². The van der Waals surface area contributed by atoms with E-state index >= 15 is 0 Å². The van der Waals surface area contributed by atoms with Crippen LogP contribution in [0.5, 0.6) is 5.75 Å². The summed E-state index contributed by atoms with van der Waals surface area (Å²) in [5, 5.41) is 5.26. The maximum atomic E-state index is 11.9. The molecule has 0 fully saturated rings. The molecule has 0 aliphatic rings. The summed E-state index contributed by atoms with van der Waals surface area (Å²) >= 11 is 0. The van der Waals surface area contributed by atoms with Crippen molar-refractivity contribution >= 4 is 17.5 Å². The summed E-state index contributed by atoms with van der Waals surface area (Å²) < 4.78 is 5.48. The summed E-state index contributed by atoms with van der Waals surface area (Å²) in [7, 11) is 0. The molecule has 5 nitrogen and oxygen atoms in total. The van der Waals surface area contributed by atoms with Gasteiger partial charge in [-0.2, -0.15) is 0 Å². The standard InChI is InChI=1S/C20H32N2O3/c1-3-5-6-7-8-9-10-15-21-19(23)20(24)22-17-11-13-18(14-12-17)25-16-4-2/h11-14H,3-10,15-16H2,1-2H3,(H,21,23)(H,22,24). The smallest absolute Gasteiger partial charge is 0.313 e. The third kappa shape index (κ3) is 9.75. The molecule has 1 rings (SSSR count). The molecular weight excluding hydrogens is 316 g/mol. The number of hydrogen-bond donors (Lipinski definition) is 2. The second-order valence-electron chi connectivity index (χ2n) is 6.20. The molecule has 25 heavy (non-hydrogen) atoms. The van der Waals surface area contributed by atoms with E-state index in [1.54, 1.807) is 24.3 Å². The van der Waals surface area contributed by atoms with E-state index in [1.165, 1.54) is 32.1 Å². The molecule has 0 spiro atoms. The molecule has 1 aromatic carbocycles. The van der Waals surface area contributed by atoms with Crippen molar-refractivity contribution in [1.82, 2.24) is 5.32 Å². The minimum absolute atomic E-state index is 0.545. The van der Waals surface area contributed by atoms with E-state index in [9.17, 15) is 9.59 Å². The number of carbonyl (C=O) groups excluding carboxylic acids is 2. The fraction of sp³-hybridized carbons (Fsp3) is 0.600. The topological polar surface area (TPSA) is 67.4 Å². The van der Waals surface area contributed by atoms with E-state index in [1.807, 2.05) is 6.92 Å². The summed E-state index contributed by atoms with van der Waals surface area (Å²) in [4.78, 5) is 23.6. The van der Waals surface area contributed by atoms with Gasteiger partial charge in [-0.1, -0.05) is 52.4 Å². The predicted octanol–water partition coefficient (Wildman–Crippen LogP) is 4.28. The van der Waals surface area contributed by atoms with Gasteiger partial charge in [0.25, 0.3) is 0 Å². The van der Waals surface area contributed by atoms with E-state index in [2.05, 4.69) is 17.6 Å². The number of nitrogens with one attached hydrogen (secondary N) is 2. The van der Waals surface area contributed by atoms with Crippen molar-refractivity contribution < 1.29 is 14.3 Å². The minimum atomic E-state index is -0.634. The highest BCUT2D eigenvalue weighted by atomic mass is 16.5. The fourth-order valence-corrected chi connectivity index (χ4v) is 2.41. The van der Waals surface area contributed by atoms with Gasteiger partial charge in [0, 0.05) is 12.2 Å². The first-order valence-electron chi connectivity index (χ1n) is 9.49. The van der Waals surface area contributed by atoms with Gasteiger partial charge in [-0.3, -0.25) is 9.59 Å². The summed E-state index contributed by atoms with van der Waals surface area (Å²) in [5.41, 5.74) is 0.583. The predicted molar refractivity (Wildman–Crippen MR) is 102 cm³/mol. The highest BCUT2D eigenvalue weighted by Gasteiger charge is 2.12. The number of carbonyl (C=O) groups is 2. The van der Waals surface area contributed by atoms with Gasteiger partial charge in [0.15, 0.2) is 0 Å². The number of benzene rings is 1. The van der Waals surface area contributed by atoms with Gasteiger partial charge in [0.1, 0.15) is 5.75 Å². The average Bonchev–Trinajstić information content (AvgIpc) is 2.63. The molecule has 0 heterocycles. The van der Waals surface area contributed by atoms with Gasteiger partial charge < -0.3 is 15.4 Å². The number of amides is 2. The van der Waals surface area contributed by atoms with Gasteiger partial charge in [-0.05, 0) is 37.1 Å². The summed E-state index contributed by atoms with van der Waals surface area (Å²) in [6, 6.07) is 7.02. The lowest BCUT2D eigenvalue weighted by Crippen LogP contribution is -2.35. The van der Waals surface area contributed by atoms with Gasteiger partial charge in [-0.15, -0.1) is 0 Å². The highest BCUT2D eigenvalue weighted by Crippen LogP contribution is 2.15. The lowest BCUT2D eigenvalue weighted by molar-refractivity contribution is -0.136. The third-order valence-electron chi connectivity index (χ3n) is 3.86. The van der Waals surface area contributed by atoms with Crippen LogP contribution in [-0.2, 0) is 9.59 Å². The van der Waals surface area contributed by atoms with Gasteiger partial charge in [0.05, 0.1) is 6.61 Å². The van der Waals surface area contributed by atoms with E-state index < -0.39 is 11.8 Å². The zero-order valence-corrected chi connectivity index (χ0v) is 15.6. The van der Waals surface area contributed by atoms with Crippen LogP contribution in [0.15, 0.2) is 24.3 Å². The van der Waals surface area contributed by atoms with Crippen molar-refractivity contribution in [3.63, 3.8) is 0 Å². The van der Waals surface area contributed by atoms with Gasteiger partial charge in [-0.25, -0.2) is 0 Å². The molecule has 5 heteroatoms. The van der Waals surface area contributed by atoms with Crippen LogP contribution in [0.4, 0.5) is 5.69 Å². The summed E-state index contributed by atoms with van der Waals surface area (Å²) in [6.07, 6.45) is 9.21. The Morgan fingerprint density at radius 3 is 2.12 bits per heavy atom. The van der Waals surface area contributed by atoms with Crippen LogP contribution in [0.2, 0.25) is 0 Å². The zero-order valence-electron chi connectivity index (χ0n) is 15.6. The fourth-order valence-electron chi connectivity index (χ4n) is 2.41. The normalized spacial score (nSPS) is 10.3. The maximum absolute atomic E-state index is 11.9. The molecule has 0 saturated heterocycles. The third-order valence-corrected chi connectivity index (χ3v) is 3.86. The van der Waals surface area contributed by atoms with E-state index in [4.69, 9.17) is 4.74 Å². The number of hydrogen-bond acceptors (Lipinski definition) is 3. The van der Waals surface area contributed by atoms with Crippen LogP contribution >= 0.6 is 0 Å². The Hall–Kier alpha value is -2.04. The lowest BCUT2D eigenvalue weighted by Gasteiger charge is -2.08. The van der Waals surface area contributed by atoms with Crippen LogP contribution in [-0.4, -0.2) is 25.0 Å². The van der Waals surface area contributed by atoms with Crippen molar-refractivity contribution in [3.8, 4) is 5.75 Å². The molecule has 0 aliphatic carbocycles. The second-order valence-corrected chi connectivity index (χ2v) is 6.20. The quantitative estimate of drug-likeness (QED) is 0.437. The number of anilines is 1. The average molecular weight is 348 g/mol. The first kappa shape index (κ1) is 21.0. The first-order valence-corrected chi connectivity index (χ1v) is 9.49. The molecule has 0 aromatic heterocycles. The maximum Gasteiger partial charge on any atom is 0.313 e. The van der Waals surface area contributed by atoms with E-state index in [0.717, 1.165) is 25.0 Å². The molecular formula is C20H32N2O3. The Bertz CT molecular complexity index is 500. The Morgan fingerprint density at radius 1 is 0.840 bits per heavy atom. The van der Waals surface area contributed by atoms with Crippen LogP contribution in [0.3, 0.4) is 0 Å².